The highest BCUT2D eigenvalue weighted by Gasteiger charge is 2.51. The molecule has 0 unspecified atom stereocenters. The molecular weight excluding hydrogens is 456 g/mol. The van der Waals surface area contributed by atoms with Gasteiger partial charge in [-0.2, -0.15) is 0 Å². The quantitative estimate of drug-likeness (QED) is 0.333. The minimum atomic E-state index is -1.09. The number of non-ortho nitro benzene ring substituents is 1. The van der Waals surface area contributed by atoms with Gasteiger partial charge >= 0.3 is 11.9 Å². The van der Waals surface area contributed by atoms with Crippen molar-refractivity contribution in [1.29, 1.82) is 0 Å². The molecule has 3 rings (SSSR count). The molecule has 0 aromatic heterocycles. The molecule has 0 radical (unpaired) electrons. The average Bonchev–Trinajstić information content (AvgIpc) is 3.15. The van der Waals surface area contributed by atoms with Gasteiger partial charge in [0.05, 0.1) is 25.0 Å². The lowest BCUT2D eigenvalue weighted by molar-refractivity contribution is -0.384. The van der Waals surface area contributed by atoms with Crippen LogP contribution in [0.1, 0.15) is 37.6 Å². The Hall–Kier alpha value is -3.95. The van der Waals surface area contributed by atoms with E-state index in [0.29, 0.717) is 11.3 Å². The second-order valence-electron chi connectivity index (χ2n) is 9.15. The Labute approximate surface area is 202 Å². The molecular formula is C25H28N2O8. The summed E-state index contributed by atoms with van der Waals surface area (Å²) < 4.78 is 16.5. The van der Waals surface area contributed by atoms with Crippen LogP contribution < -0.4 is 4.74 Å². The normalized spacial score (nSPS) is 19.7. The highest BCUT2D eigenvalue weighted by molar-refractivity contribution is 5.97. The molecule has 2 aromatic rings. The van der Waals surface area contributed by atoms with Gasteiger partial charge in [0.2, 0.25) is 0 Å². The van der Waals surface area contributed by atoms with Gasteiger partial charge in [0.25, 0.3) is 11.6 Å². The Bertz CT molecular complexity index is 1080. The zero-order chi connectivity index (χ0) is 25.8. The molecule has 1 aliphatic heterocycles. The molecule has 10 heteroatoms. The number of carbonyl (C=O) groups excluding carboxylic acids is 3. The molecule has 10 nitrogen and oxygen atoms in total. The van der Waals surface area contributed by atoms with Gasteiger partial charge in [-0.25, -0.2) is 4.79 Å². The number of ether oxygens (including phenoxy) is 3. The van der Waals surface area contributed by atoms with Gasteiger partial charge in [-0.05, 0) is 45.0 Å². The third-order valence-electron chi connectivity index (χ3n) is 5.48. The summed E-state index contributed by atoms with van der Waals surface area (Å²) in [7, 11) is 1.21. The lowest BCUT2D eigenvalue weighted by Gasteiger charge is -2.27. The Morgan fingerprint density at radius 3 is 2.23 bits per heavy atom. The maximum atomic E-state index is 13.3. The van der Waals surface area contributed by atoms with Crippen LogP contribution in [0.2, 0.25) is 0 Å². The van der Waals surface area contributed by atoms with Crippen LogP contribution in [0.5, 0.6) is 5.75 Å². The Morgan fingerprint density at radius 2 is 1.69 bits per heavy atom. The first-order chi connectivity index (χ1) is 16.5. The molecule has 35 heavy (non-hydrogen) atoms. The maximum absolute atomic E-state index is 13.3. The molecule has 0 N–H and O–H groups in total. The first kappa shape index (κ1) is 25.7. The number of methoxy groups -OCH3 is 1. The van der Waals surface area contributed by atoms with Gasteiger partial charge in [0.15, 0.2) is 0 Å². The number of benzene rings is 2. The molecule has 1 aliphatic rings. The van der Waals surface area contributed by atoms with E-state index < -0.39 is 46.4 Å². The van der Waals surface area contributed by atoms with Crippen LogP contribution >= 0.6 is 0 Å². The molecule has 3 atom stereocenters. The molecule has 1 fully saturated rings. The first-order valence-electron chi connectivity index (χ1n) is 11.1. The predicted molar refractivity (Wildman–Crippen MR) is 125 cm³/mol. The summed E-state index contributed by atoms with van der Waals surface area (Å²) in [5, 5.41) is 11.0. The lowest BCUT2D eigenvalue weighted by atomic mass is 9.93. The van der Waals surface area contributed by atoms with Gasteiger partial charge < -0.3 is 19.1 Å². The first-order valence-corrected chi connectivity index (χ1v) is 11.1. The SMILES string of the molecule is COC(=O)[C@@H]1[C@@H](CC(=O)OC(C)(C)C)[C@H](Oc2ccc([N+](=O)[O-])cc2)CN1C(=O)c1ccccc1. The van der Waals surface area contributed by atoms with Crippen molar-refractivity contribution >= 4 is 23.5 Å². The van der Waals surface area contributed by atoms with E-state index in [1.807, 2.05) is 0 Å². The van der Waals surface area contributed by atoms with E-state index >= 15 is 0 Å². The van der Waals surface area contributed by atoms with Crippen LogP contribution in [0.4, 0.5) is 5.69 Å². The second-order valence-corrected chi connectivity index (χ2v) is 9.15. The van der Waals surface area contributed by atoms with Crippen LogP contribution in [0, 0.1) is 16.0 Å². The summed E-state index contributed by atoms with van der Waals surface area (Å²) in [6.45, 7) is 5.19. The van der Waals surface area contributed by atoms with Crippen molar-refractivity contribution in [2.24, 2.45) is 5.92 Å². The molecule has 0 aliphatic carbocycles. The average molecular weight is 485 g/mol. The molecule has 186 valence electrons. The lowest BCUT2D eigenvalue weighted by Crippen LogP contribution is -2.44. The number of likely N-dealkylation sites (tertiary alicyclic amines) is 1. The van der Waals surface area contributed by atoms with Gasteiger partial charge in [-0.3, -0.25) is 19.7 Å². The number of nitro groups is 1. The van der Waals surface area contributed by atoms with Crippen molar-refractivity contribution in [2.75, 3.05) is 13.7 Å². The minimum absolute atomic E-state index is 0.00204. The Morgan fingerprint density at radius 1 is 1.06 bits per heavy atom. The zero-order valence-corrected chi connectivity index (χ0v) is 20.0. The summed E-state index contributed by atoms with van der Waals surface area (Å²) in [4.78, 5) is 50.7. The molecule has 0 saturated carbocycles. The highest BCUT2D eigenvalue weighted by atomic mass is 16.6. The number of amides is 1. The molecule has 1 saturated heterocycles. The van der Waals surface area contributed by atoms with E-state index in [2.05, 4.69) is 0 Å². The van der Waals surface area contributed by atoms with Crippen LogP contribution in [0.3, 0.4) is 0 Å². The number of hydrogen-bond acceptors (Lipinski definition) is 8. The van der Waals surface area contributed by atoms with Crippen LogP contribution in [-0.2, 0) is 19.1 Å². The monoisotopic (exact) mass is 484 g/mol. The van der Waals surface area contributed by atoms with Crippen molar-refractivity contribution in [3.05, 3.63) is 70.3 Å². The number of nitro benzene ring substituents is 1. The van der Waals surface area contributed by atoms with Gasteiger partial charge in [0.1, 0.15) is 23.5 Å². The van der Waals surface area contributed by atoms with Crippen molar-refractivity contribution < 1.29 is 33.5 Å². The van der Waals surface area contributed by atoms with E-state index in [1.54, 1.807) is 51.1 Å². The largest absolute Gasteiger partial charge is 0.488 e. The number of rotatable bonds is 7. The van der Waals surface area contributed by atoms with E-state index in [-0.39, 0.29) is 18.7 Å². The summed E-state index contributed by atoms with van der Waals surface area (Å²) in [5.74, 6) is -2.13. The zero-order valence-electron chi connectivity index (χ0n) is 20.0. The Balaban J connectivity index is 1.95. The minimum Gasteiger partial charge on any atom is -0.488 e. The van der Waals surface area contributed by atoms with Crippen molar-refractivity contribution in [3.8, 4) is 5.75 Å². The summed E-state index contributed by atoms with van der Waals surface area (Å²) in [5.41, 5.74) is -0.485. The second kappa shape index (κ2) is 10.5. The van der Waals surface area contributed by atoms with E-state index in [1.165, 1.54) is 36.3 Å². The highest BCUT2D eigenvalue weighted by Crippen LogP contribution is 2.34. The summed E-state index contributed by atoms with van der Waals surface area (Å²) in [6, 6.07) is 12.8. The number of nitrogens with zero attached hydrogens (tertiary/aromatic N) is 2. The van der Waals surface area contributed by atoms with Gasteiger partial charge in [0, 0.05) is 23.6 Å². The third kappa shape index (κ3) is 6.34. The van der Waals surface area contributed by atoms with Crippen molar-refractivity contribution in [1.82, 2.24) is 4.90 Å². The van der Waals surface area contributed by atoms with E-state index in [4.69, 9.17) is 14.2 Å². The van der Waals surface area contributed by atoms with E-state index in [0.717, 1.165) is 0 Å². The molecule has 2 aromatic carbocycles. The molecule has 0 spiro atoms. The van der Waals surface area contributed by atoms with Crippen molar-refractivity contribution in [3.63, 3.8) is 0 Å². The third-order valence-corrected chi connectivity index (χ3v) is 5.48. The summed E-state index contributed by atoms with van der Waals surface area (Å²) in [6.07, 6.45) is -0.978. The molecule has 1 amide bonds. The topological polar surface area (TPSA) is 125 Å². The van der Waals surface area contributed by atoms with Gasteiger partial charge in [-0.1, -0.05) is 18.2 Å². The molecule has 1 heterocycles. The fraction of sp³-hybridized carbons (Fsp3) is 0.400. The van der Waals surface area contributed by atoms with Crippen molar-refractivity contribution in [2.45, 2.75) is 44.9 Å². The molecule has 0 bridgehead atoms. The number of hydrogen-bond donors (Lipinski definition) is 0. The fourth-order valence-electron chi connectivity index (χ4n) is 4.02. The number of carbonyl (C=O) groups is 3. The van der Waals surface area contributed by atoms with Gasteiger partial charge in [-0.15, -0.1) is 0 Å². The maximum Gasteiger partial charge on any atom is 0.329 e. The van der Waals surface area contributed by atoms with E-state index in [9.17, 15) is 24.5 Å². The summed E-state index contributed by atoms with van der Waals surface area (Å²) >= 11 is 0. The van der Waals surface area contributed by atoms with Crippen LogP contribution in [0.15, 0.2) is 54.6 Å². The Kier molecular flexibility index (Phi) is 7.73. The van der Waals surface area contributed by atoms with Crippen LogP contribution in [0.25, 0.3) is 0 Å². The van der Waals surface area contributed by atoms with Crippen LogP contribution in [-0.4, -0.2) is 59.1 Å². The number of esters is 2. The predicted octanol–water partition coefficient (Wildman–Crippen LogP) is 3.39. The standard InChI is InChI=1S/C25H28N2O8/c1-25(2,3)35-21(28)14-19-20(34-18-12-10-17(11-13-18)27(31)32)15-26(22(19)24(30)33-4)23(29)16-8-6-5-7-9-16/h5-13,19-20,22H,14-15H2,1-4H3/t19-,20+,22-/m0/s1. The smallest absolute Gasteiger partial charge is 0.329 e. The fourth-order valence-corrected chi connectivity index (χ4v) is 4.02.